The van der Waals surface area contributed by atoms with E-state index in [1.807, 2.05) is 6.07 Å². The van der Waals surface area contributed by atoms with Crippen LogP contribution in [0.3, 0.4) is 0 Å². The second-order valence-corrected chi connectivity index (χ2v) is 12.2. The molecule has 1 saturated heterocycles. The largest absolute Gasteiger partial charge is 0.460 e. The highest BCUT2D eigenvalue weighted by atomic mass is 16.6. The number of aliphatic hydroxyl groups is 2. The topological polar surface area (TPSA) is 110 Å². The van der Waals surface area contributed by atoms with E-state index < -0.39 is 17.7 Å². The molecular weight excluding hydrogens is 436 g/mol. The summed E-state index contributed by atoms with van der Waals surface area (Å²) in [5, 5.41) is 21.5. The maximum atomic E-state index is 12.0. The van der Waals surface area contributed by atoms with Crippen LogP contribution in [0.5, 0.6) is 0 Å². The molecule has 0 radical (unpaired) electrons. The predicted octanol–water partition coefficient (Wildman–Crippen LogP) is 3.30. The van der Waals surface area contributed by atoms with Crippen molar-refractivity contribution in [2.45, 2.75) is 108 Å². The highest BCUT2D eigenvalue weighted by Crippen LogP contribution is 2.78. The molecule has 0 amide bonds. The normalized spacial score (nSPS) is 49.7. The molecule has 0 aromatic carbocycles. The van der Waals surface area contributed by atoms with Crippen molar-refractivity contribution in [2.75, 3.05) is 0 Å². The van der Waals surface area contributed by atoms with E-state index in [9.17, 15) is 19.8 Å². The van der Waals surface area contributed by atoms with Gasteiger partial charge in [-0.2, -0.15) is 0 Å². The van der Waals surface area contributed by atoms with Gasteiger partial charge in [0.2, 0.25) is 0 Å². The van der Waals surface area contributed by atoms with Crippen molar-refractivity contribution in [1.29, 1.82) is 0 Å². The minimum absolute atomic E-state index is 0.0193. The van der Waals surface area contributed by atoms with Gasteiger partial charge in [0.05, 0.1) is 18.0 Å². The van der Waals surface area contributed by atoms with Crippen LogP contribution < -0.4 is 5.63 Å². The summed E-state index contributed by atoms with van der Waals surface area (Å²) in [5.41, 5.74) is -0.555. The maximum Gasteiger partial charge on any atom is 0.335 e. The van der Waals surface area contributed by atoms with Crippen molar-refractivity contribution in [3.8, 4) is 0 Å². The number of hydrogen-bond acceptors (Lipinski definition) is 7. The Balaban J connectivity index is 1.27. The molecule has 1 aromatic heterocycles. The predicted molar refractivity (Wildman–Crippen MR) is 122 cm³/mol. The van der Waals surface area contributed by atoms with Crippen LogP contribution in [0.15, 0.2) is 27.6 Å². The van der Waals surface area contributed by atoms with Crippen LogP contribution in [0.4, 0.5) is 0 Å². The smallest absolute Gasteiger partial charge is 0.335 e. The number of ether oxygens (including phenoxy) is 2. The highest BCUT2D eigenvalue weighted by molar-refractivity contribution is 5.74. The average molecular weight is 473 g/mol. The summed E-state index contributed by atoms with van der Waals surface area (Å²) < 4.78 is 17.3. The fraction of sp³-hybridized carbons (Fsp3) is 0.778. The van der Waals surface area contributed by atoms with E-state index in [1.165, 1.54) is 13.0 Å². The van der Waals surface area contributed by atoms with E-state index in [1.54, 1.807) is 6.26 Å². The van der Waals surface area contributed by atoms with Crippen molar-refractivity contribution in [1.82, 2.24) is 0 Å². The molecule has 1 aromatic rings. The van der Waals surface area contributed by atoms with Gasteiger partial charge >= 0.3 is 11.6 Å². The summed E-state index contributed by atoms with van der Waals surface area (Å²) in [6, 6.07) is 3.44. The molecule has 5 fully saturated rings. The van der Waals surface area contributed by atoms with Crippen LogP contribution in [0.1, 0.15) is 83.6 Å². The Hall–Kier alpha value is -1.70. The van der Waals surface area contributed by atoms with Crippen molar-refractivity contribution >= 4 is 5.97 Å². The number of esters is 1. The molecule has 7 nitrogen and oxygen atoms in total. The van der Waals surface area contributed by atoms with E-state index in [4.69, 9.17) is 13.9 Å². The second-order valence-electron chi connectivity index (χ2n) is 12.2. The summed E-state index contributed by atoms with van der Waals surface area (Å²) in [6.45, 7) is 6.02. The average Bonchev–Trinajstić information content (AvgIpc) is 3.45. The zero-order valence-electron chi connectivity index (χ0n) is 20.3. The Kier molecular flexibility index (Phi) is 4.80. The molecule has 7 heteroatoms. The third-order valence-corrected chi connectivity index (χ3v) is 10.9. The molecule has 0 unspecified atom stereocenters. The molecule has 1 spiro atoms. The van der Waals surface area contributed by atoms with Gasteiger partial charge < -0.3 is 24.1 Å². The lowest BCUT2D eigenvalue weighted by Crippen LogP contribution is -2.65. The van der Waals surface area contributed by atoms with Gasteiger partial charge in [-0.1, -0.05) is 13.8 Å². The summed E-state index contributed by atoms with van der Waals surface area (Å²) in [5.74, 6) is 0.436. The number of rotatable bonds is 3. The van der Waals surface area contributed by atoms with Crippen LogP contribution in [-0.4, -0.2) is 45.7 Å². The molecule has 0 bridgehead atoms. The number of carbonyl (C=O) groups is 1. The number of carbonyl (C=O) groups excluding carboxylic acids is 1. The summed E-state index contributed by atoms with van der Waals surface area (Å²) in [4.78, 5) is 23.5. The molecule has 4 saturated carbocycles. The Morgan fingerprint density at radius 3 is 2.56 bits per heavy atom. The van der Waals surface area contributed by atoms with Crippen molar-refractivity contribution in [2.24, 2.45) is 22.7 Å². The quantitative estimate of drug-likeness (QED) is 0.513. The fourth-order valence-corrected chi connectivity index (χ4v) is 9.08. The van der Waals surface area contributed by atoms with Gasteiger partial charge in [0, 0.05) is 17.9 Å². The van der Waals surface area contributed by atoms with Gasteiger partial charge in [0.15, 0.2) is 0 Å². The van der Waals surface area contributed by atoms with Crippen LogP contribution in [-0.2, 0) is 14.3 Å². The molecule has 4 aliphatic carbocycles. The number of fused-ring (bicyclic) bond motifs is 3. The van der Waals surface area contributed by atoms with E-state index in [-0.39, 0.29) is 34.3 Å². The van der Waals surface area contributed by atoms with Crippen molar-refractivity contribution < 1.29 is 28.9 Å². The molecule has 186 valence electrons. The lowest BCUT2D eigenvalue weighted by Gasteiger charge is -2.64. The molecule has 2 N–H and O–H groups in total. The standard InChI is InChI=1S/C27H36O7/c1-15(28)23(30)33-17-6-9-24(2)18-7-10-25(3)20(16-4-5-22(29)32-14-16)12-21-27(25,34-21)19(18)8-11-26(24,31)13-17/h4-5,14-15,17-21,28,31H,6-13H2,1-3H3/t15-,17-,18-,19+,20+,21+,24+,25+,26-,27+/m0/s1. The van der Waals surface area contributed by atoms with E-state index in [0.717, 1.165) is 37.7 Å². The molecule has 2 heterocycles. The SMILES string of the molecule is C[C@H](O)C(=O)O[C@H]1CC[C@]2(C)[C@H]3CC[C@]4(C)[C@@H](c5ccc(=O)oc5)C[C@H]5O[C@]54[C@@H]3CC[C@]2(O)C1. The monoisotopic (exact) mass is 472 g/mol. The summed E-state index contributed by atoms with van der Waals surface area (Å²) in [6.07, 6.45) is 6.88. The lowest BCUT2D eigenvalue weighted by atomic mass is 9.42. The first-order chi connectivity index (χ1) is 16.0. The van der Waals surface area contributed by atoms with Crippen LogP contribution in [0.2, 0.25) is 0 Å². The highest BCUT2D eigenvalue weighted by Gasteiger charge is 2.81. The molecule has 5 aliphatic rings. The van der Waals surface area contributed by atoms with Gasteiger partial charge in [-0.25, -0.2) is 9.59 Å². The third-order valence-electron chi connectivity index (χ3n) is 10.9. The van der Waals surface area contributed by atoms with E-state index in [0.29, 0.717) is 37.0 Å². The van der Waals surface area contributed by atoms with E-state index >= 15 is 0 Å². The Bertz CT molecular complexity index is 1040. The summed E-state index contributed by atoms with van der Waals surface area (Å²) >= 11 is 0. The van der Waals surface area contributed by atoms with Crippen LogP contribution in [0, 0.1) is 22.7 Å². The maximum absolute atomic E-state index is 12.0. The lowest BCUT2D eigenvalue weighted by molar-refractivity contribution is -0.228. The van der Waals surface area contributed by atoms with Crippen molar-refractivity contribution in [3.05, 3.63) is 34.4 Å². The second kappa shape index (κ2) is 7.17. The minimum Gasteiger partial charge on any atom is -0.460 e. The van der Waals surface area contributed by atoms with Crippen LogP contribution in [0.25, 0.3) is 0 Å². The van der Waals surface area contributed by atoms with Gasteiger partial charge in [-0.15, -0.1) is 0 Å². The van der Waals surface area contributed by atoms with Gasteiger partial charge in [0.1, 0.15) is 17.8 Å². The molecule has 10 atom stereocenters. The minimum atomic E-state index is -1.15. The fourth-order valence-electron chi connectivity index (χ4n) is 9.08. The van der Waals surface area contributed by atoms with Gasteiger partial charge in [-0.05, 0) is 86.7 Å². The first-order valence-electron chi connectivity index (χ1n) is 12.9. The first-order valence-corrected chi connectivity index (χ1v) is 12.9. The van der Waals surface area contributed by atoms with E-state index in [2.05, 4.69) is 13.8 Å². The zero-order chi connectivity index (χ0) is 24.1. The molecule has 6 rings (SSSR count). The van der Waals surface area contributed by atoms with Crippen molar-refractivity contribution in [3.63, 3.8) is 0 Å². The molecule has 34 heavy (non-hydrogen) atoms. The Morgan fingerprint density at radius 2 is 1.85 bits per heavy atom. The number of epoxide rings is 1. The summed E-state index contributed by atoms with van der Waals surface area (Å²) in [7, 11) is 0. The van der Waals surface area contributed by atoms with Gasteiger partial charge in [-0.3, -0.25) is 0 Å². The number of hydrogen-bond donors (Lipinski definition) is 2. The first kappa shape index (κ1) is 22.7. The third kappa shape index (κ3) is 2.80. The zero-order valence-corrected chi connectivity index (χ0v) is 20.3. The Morgan fingerprint density at radius 1 is 1.12 bits per heavy atom. The van der Waals surface area contributed by atoms with Crippen LogP contribution >= 0.6 is 0 Å². The molecular formula is C27H36O7. The van der Waals surface area contributed by atoms with Gasteiger partial charge in [0.25, 0.3) is 0 Å². The Labute approximate surface area is 199 Å². The molecule has 1 aliphatic heterocycles. The number of aliphatic hydroxyl groups excluding tert-OH is 1.